The first-order chi connectivity index (χ1) is 19.1. The van der Waals surface area contributed by atoms with Gasteiger partial charge in [0.05, 0.1) is 12.0 Å². The number of aromatic nitrogens is 3. The first-order valence-electron chi connectivity index (χ1n) is 13.3. The minimum absolute atomic E-state index is 0.276. The van der Waals surface area contributed by atoms with Crippen LogP contribution >= 0.6 is 0 Å². The van der Waals surface area contributed by atoms with Crippen LogP contribution in [0.4, 0.5) is 11.6 Å². The fourth-order valence-corrected chi connectivity index (χ4v) is 4.96. The van der Waals surface area contributed by atoms with Crippen molar-refractivity contribution >= 4 is 27.4 Å². The molecule has 10 heteroatoms. The number of hydrogen-bond donors (Lipinski definition) is 0. The van der Waals surface area contributed by atoms with Crippen molar-refractivity contribution in [2.75, 3.05) is 36.1 Å². The van der Waals surface area contributed by atoms with Gasteiger partial charge in [0.15, 0.2) is 0 Å². The molecule has 40 heavy (non-hydrogen) atoms. The Morgan fingerprint density at radius 2 is 1.57 bits per heavy atom. The lowest BCUT2D eigenvalue weighted by Crippen LogP contribution is -2.27. The van der Waals surface area contributed by atoms with E-state index in [9.17, 15) is 8.42 Å². The summed E-state index contributed by atoms with van der Waals surface area (Å²) >= 11 is 0. The number of sulfonamides is 1. The van der Waals surface area contributed by atoms with E-state index < -0.39 is 16.1 Å². The molecule has 0 radical (unpaired) electrons. The molecule has 0 spiro atoms. The summed E-state index contributed by atoms with van der Waals surface area (Å²) in [6, 6.07) is 23.1. The normalized spacial score (nSPS) is 17.2. The monoisotopic (exact) mass is 558 g/mol. The van der Waals surface area contributed by atoms with Crippen LogP contribution in [0.3, 0.4) is 0 Å². The molecule has 1 aliphatic rings. The molecule has 5 rings (SSSR count). The maximum absolute atomic E-state index is 12.3. The molecule has 0 N–H and O–H groups in total. The Labute approximate surface area is 235 Å². The van der Waals surface area contributed by atoms with Gasteiger partial charge in [-0.3, -0.25) is 9.30 Å². The van der Waals surface area contributed by atoms with E-state index in [-0.39, 0.29) is 11.7 Å². The maximum atomic E-state index is 12.3. The van der Waals surface area contributed by atoms with Gasteiger partial charge in [-0.15, -0.1) is 10.2 Å². The highest BCUT2D eigenvalue weighted by molar-refractivity contribution is 7.92. The summed E-state index contributed by atoms with van der Waals surface area (Å²) < 4.78 is 31.9. The Morgan fingerprint density at radius 1 is 1.00 bits per heavy atom. The molecule has 9 nitrogen and oxygen atoms in total. The predicted octanol–water partition coefficient (Wildman–Crippen LogP) is 5.22. The molecule has 4 aromatic rings. The molecule has 0 aliphatic heterocycles. The van der Waals surface area contributed by atoms with Gasteiger partial charge in [-0.05, 0) is 37.3 Å². The zero-order chi connectivity index (χ0) is 28.4. The molecule has 1 saturated carbocycles. The standard InChI is InChI=1S/C30H34N6O3S/c1-20-16-25(20)19-35(3)26-17-24(18-27(32-26)36(4)40(5,37)38)30-34-33-29(39-30)21(2)31-28(22-12-8-6-9-13-22)23-14-10-7-11-15-23/h6-15,17-18,20-21,25H,16,19H2,1-5H3. The van der Waals surface area contributed by atoms with Gasteiger partial charge < -0.3 is 9.32 Å². The van der Waals surface area contributed by atoms with Gasteiger partial charge in [-0.2, -0.15) is 0 Å². The lowest BCUT2D eigenvalue weighted by atomic mass is 10.0. The lowest BCUT2D eigenvalue weighted by molar-refractivity contribution is 0.474. The van der Waals surface area contributed by atoms with E-state index in [0.29, 0.717) is 29.1 Å². The van der Waals surface area contributed by atoms with E-state index >= 15 is 0 Å². The van der Waals surface area contributed by atoms with Crippen molar-refractivity contribution in [3.63, 3.8) is 0 Å². The summed E-state index contributed by atoms with van der Waals surface area (Å²) in [7, 11) is -0.0739. The van der Waals surface area contributed by atoms with Crippen molar-refractivity contribution < 1.29 is 12.8 Å². The quantitative estimate of drug-likeness (QED) is 0.246. The minimum Gasteiger partial charge on any atom is -0.418 e. The number of rotatable bonds is 10. The molecule has 2 aromatic heterocycles. The number of pyridine rings is 1. The van der Waals surface area contributed by atoms with Gasteiger partial charge in [-0.25, -0.2) is 13.4 Å². The third-order valence-electron chi connectivity index (χ3n) is 7.26. The number of anilines is 2. The average molecular weight is 559 g/mol. The second kappa shape index (κ2) is 11.2. The van der Waals surface area contributed by atoms with Crippen LogP contribution in [0.15, 0.2) is 82.2 Å². The Hall–Kier alpha value is -4.05. The van der Waals surface area contributed by atoms with E-state index in [1.807, 2.05) is 85.6 Å². The van der Waals surface area contributed by atoms with Crippen LogP contribution in [0.5, 0.6) is 0 Å². The Balaban J connectivity index is 1.49. The first kappa shape index (κ1) is 27.5. The minimum atomic E-state index is -3.52. The van der Waals surface area contributed by atoms with Crippen molar-refractivity contribution in [1.82, 2.24) is 15.2 Å². The summed E-state index contributed by atoms with van der Waals surface area (Å²) in [6.45, 7) is 4.98. The van der Waals surface area contributed by atoms with E-state index in [1.165, 1.54) is 13.5 Å². The van der Waals surface area contributed by atoms with Crippen molar-refractivity contribution in [2.45, 2.75) is 26.3 Å². The molecular weight excluding hydrogens is 524 g/mol. The van der Waals surface area contributed by atoms with Gasteiger partial charge in [0.2, 0.25) is 21.8 Å². The summed E-state index contributed by atoms with van der Waals surface area (Å²) in [6.07, 6.45) is 2.33. The van der Waals surface area contributed by atoms with Crippen LogP contribution in [-0.2, 0) is 10.0 Å². The molecule has 3 atom stereocenters. The molecule has 1 fully saturated rings. The van der Waals surface area contributed by atoms with Crippen LogP contribution in [0.2, 0.25) is 0 Å². The van der Waals surface area contributed by atoms with Crippen LogP contribution in [0.25, 0.3) is 11.5 Å². The second-order valence-electron chi connectivity index (χ2n) is 10.5. The molecule has 0 saturated heterocycles. The smallest absolute Gasteiger partial charge is 0.248 e. The Bertz CT molecular complexity index is 1560. The zero-order valence-corrected chi connectivity index (χ0v) is 24.2. The number of hydrogen-bond acceptors (Lipinski definition) is 8. The maximum Gasteiger partial charge on any atom is 0.248 e. The average Bonchev–Trinajstić information content (AvgIpc) is 3.42. The topological polar surface area (TPSA) is 105 Å². The third-order valence-corrected chi connectivity index (χ3v) is 8.44. The Kier molecular flexibility index (Phi) is 7.71. The van der Waals surface area contributed by atoms with Crippen LogP contribution < -0.4 is 9.21 Å². The lowest BCUT2D eigenvalue weighted by Gasteiger charge is -2.22. The summed E-state index contributed by atoms with van der Waals surface area (Å²) in [5.41, 5.74) is 3.39. The number of aliphatic imine (C=N–C) groups is 1. The number of benzene rings is 2. The van der Waals surface area contributed by atoms with E-state index in [4.69, 9.17) is 9.41 Å². The third kappa shape index (κ3) is 6.22. The molecule has 2 heterocycles. The van der Waals surface area contributed by atoms with Gasteiger partial charge in [0.25, 0.3) is 0 Å². The van der Waals surface area contributed by atoms with Gasteiger partial charge in [0, 0.05) is 37.3 Å². The summed E-state index contributed by atoms with van der Waals surface area (Å²) in [5.74, 6) is 2.84. The van der Waals surface area contributed by atoms with E-state index in [0.717, 1.165) is 33.9 Å². The van der Waals surface area contributed by atoms with Crippen molar-refractivity contribution in [3.8, 4) is 11.5 Å². The molecule has 2 aromatic carbocycles. The summed E-state index contributed by atoms with van der Waals surface area (Å²) in [5, 5.41) is 8.62. The van der Waals surface area contributed by atoms with Gasteiger partial charge >= 0.3 is 0 Å². The highest BCUT2D eigenvalue weighted by atomic mass is 32.2. The second-order valence-corrected chi connectivity index (χ2v) is 12.5. The Morgan fingerprint density at radius 3 is 2.12 bits per heavy atom. The molecule has 208 valence electrons. The van der Waals surface area contributed by atoms with Crippen molar-refractivity contribution in [3.05, 3.63) is 89.8 Å². The summed E-state index contributed by atoms with van der Waals surface area (Å²) in [4.78, 5) is 11.7. The molecule has 0 amide bonds. The van der Waals surface area contributed by atoms with Gasteiger partial charge in [0.1, 0.15) is 17.7 Å². The van der Waals surface area contributed by atoms with E-state index in [1.54, 1.807) is 6.07 Å². The van der Waals surface area contributed by atoms with Crippen molar-refractivity contribution in [1.29, 1.82) is 0 Å². The predicted molar refractivity (Wildman–Crippen MR) is 158 cm³/mol. The highest BCUT2D eigenvalue weighted by Crippen LogP contribution is 2.39. The highest BCUT2D eigenvalue weighted by Gasteiger charge is 2.33. The van der Waals surface area contributed by atoms with Gasteiger partial charge in [-0.1, -0.05) is 67.6 Å². The fourth-order valence-electron chi connectivity index (χ4n) is 4.53. The number of nitrogens with zero attached hydrogens (tertiary/aromatic N) is 6. The fraction of sp³-hybridized carbons (Fsp3) is 0.333. The SMILES string of the molecule is CC(N=C(c1ccccc1)c1ccccc1)c1nnc(-c2cc(N(C)CC3CC3C)nc(N(C)S(C)(=O)=O)c2)o1. The zero-order valence-electron chi connectivity index (χ0n) is 23.4. The first-order valence-corrected chi connectivity index (χ1v) is 15.1. The van der Waals surface area contributed by atoms with E-state index in [2.05, 4.69) is 22.1 Å². The largest absolute Gasteiger partial charge is 0.418 e. The van der Waals surface area contributed by atoms with Crippen molar-refractivity contribution in [2.24, 2.45) is 16.8 Å². The van der Waals surface area contributed by atoms with Crippen LogP contribution in [-0.4, -0.2) is 56.2 Å². The molecule has 0 bridgehead atoms. The molecule has 1 aliphatic carbocycles. The van der Waals surface area contributed by atoms with Crippen LogP contribution in [0, 0.1) is 11.8 Å². The van der Waals surface area contributed by atoms with Crippen LogP contribution in [0.1, 0.15) is 43.3 Å². The molecule has 3 unspecified atom stereocenters. The molecular formula is C30H34N6O3S.